The Morgan fingerprint density at radius 2 is 2.62 bits per heavy atom. The molecule has 0 radical (unpaired) electrons. The van der Waals surface area contributed by atoms with Crippen molar-refractivity contribution < 1.29 is 4.74 Å². The molecule has 0 bridgehead atoms. The van der Waals surface area contributed by atoms with Gasteiger partial charge in [-0.2, -0.15) is 0 Å². The summed E-state index contributed by atoms with van der Waals surface area (Å²) in [6.07, 6.45) is 4.48. The molecule has 4 nitrogen and oxygen atoms in total. The molecule has 1 N–H and O–H groups in total. The van der Waals surface area contributed by atoms with Crippen LogP contribution < -0.4 is 5.32 Å². The van der Waals surface area contributed by atoms with E-state index in [0.717, 1.165) is 31.8 Å². The maximum atomic E-state index is 5.56. The summed E-state index contributed by atoms with van der Waals surface area (Å²) in [7, 11) is 0. The quantitative estimate of drug-likeness (QED) is 0.694. The second kappa shape index (κ2) is 4.30. The molecule has 1 saturated heterocycles. The van der Waals surface area contributed by atoms with Crippen LogP contribution in [-0.2, 0) is 11.2 Å². The highest BCUT2D eigenvalue weighted by Gasteiger charge is 2.13. The topological polar surface area (TPSA) is 47.0 Å². The summed E-state index contributed by atoms with van der Waals surface area (Å²) in [5.41, 5.74) is 1.05. The minimum atomic E-state index is 0.267. The van der Waals surface area contributed by atoms with Gasteiger partial charge in [0.25, 0.3) is 0 Å². The van der Waals surface area contributed by atoms with E-state index in [9.17, 15) is 0 Å². The lowest BCUT2D eigenvalue weighted by Crippen LogP contribution is -2.39. The highest BCUT2D eigenvalue weighted by molar-refractivity contribution is 5.00. The molecular formula is C9H13N3O. The van der Waals surface area contributed by atoms with Gasteiger partial charge < -0.3 is 10.1 Å². The van der Waals surface area contributed by atoms with E-state index in [2.05, 4.69) is 15.3 Å². The Labute approximate surface area is 77.4 Å². The molecule has 2 heterocycles. The van der Waals surface area contributed by atoms with Crippen molar-refractivity contribution in [2.75, 3.05) is 19.7 Å². The second-order valence-electron chi connectivity index (χ2n) is 3.10. The van der Waals surface area contributed by atoms with Gasteiger partial charge in [-0.15, -0.1) is 0 Å². The number of ether oxygens (including phenoxy) is 1. The summed E-state index contributed by atoms with van der Waals surface area (Å²) in [5, 5.41) is 3.29. The summed E-state index contributed by atoms with van der Waals surface area (Å²) >= 11 is 0. The van der Waals surface area contributed by atoms with Gasteiger partial charge in [0.2, 0.25) is 0 Å². The van der Waals surface area contributed by atoms with Gasteiger partial charge in [0.15, 0.2) is 0 Å². The fraction of sp³-hybridized carbons (Fsp3) is 0.556. The van der Waals surface area contributed by atoms with Crippen molar-refractivity contribution in [2.24, 2.45) is 0 Å². The molecule has 0 saturated carbocycles. The van der Waals surface area contributed by atoms with Crippen molar-refractivity contribution >= 4 is 0 Å². The maximum Gasteiger partial charge on any atom is 0.115 e. The van der Waals surface area contributed by atoms with Crippen molar-refractivity contribution in [2.45, 2.75) is 12.5 Å². The zero-order valence-electron chi connectivity index (χ0n) is 7.44. The first-order chi connectivity index (χ1) is 6.45. The largest absolute Gasteiger partial charge is 0.375 e. The monoisotopic (exact) mass is 179 g/mol. The third kappa shape index (κ3) is 2.47. The average Bonchev–Trinajstić information content (AvgIpc) is 2.21. The lowest BCUT2D eigenvalue weighted by molar-refractivity contribution is 0.0286. The van der Waals surface area contributed by atoms with Crippen molar-refractivity contribution in [1.82, 2.24) is 15.3 Å². The minimum Gasteiger partial charge on any atom is -0.375 e. The van der Waals surface area contributed by atoms with E-state index >= 15 is 0 Å². The first kappa shape index (κ1) is 8.59. The Morgan fingerprint density at radius 1 is 1.62 bits per heavy atom. The zero-order chi connectivity index (χ0) is 8.93. The van der Waals surface area contributed by atoms with E-state index in [1.54, 1.807) is 12.5 Å². The lowest BCUT2D eigenvalue weighted by atomic mass is 10.2. The molecule has 0 aromatic carbocycles. The van der Waals surface area contributed by atoms with Crippen LogP contribution in [-0.4, -0.2) is 35.8 Å². The minimum absolute atomic E-state index is 0.267. The van der Waals surface area contributed by atoms with Crippen LogP contribution in [0.2, 0.25) is 0 Å². The Kier molecular flexibility index (Phi) is 2.84. The van der Waals surface area contributed by atoms with Crippen LogP contribution in [0.1, 0.15) is 5.69 Å². The summed E-state index contributed by atoms with van der Waals surface area (Å²) in [4.78, 5) is 8.02. The Hall–Kier alpha value is -1.00. The first-order valence-electron chi connectivity index (χ1n) is 4.52. The van der Waals surface area contributed by atoms with Crippen molar-refractivity contribution in [1.29, 1.82) is 0 Å². The number of nitrogens with zero attached hydrogens (tertiary/aromatic N) is 2. The Balaban J connectivity index is 1.90. The van der Waals surface area contributed by atoms with Gasteiger partial charge in [0, 0.05) is 31.4 Å². The molecule has 0 spiro atoms. The fourth-order valence-electron chi connectivity index (χ4n) is 1.42. The Morgan fingerprint density at radius 3 is 3.31 bits per heavy atom. The third-order valence-electron chi connectivity index (χ3n) is 2.08. The van der Waals surface area contributed by atoms with Gasteiger partial charge in [-0.25, -0.2) is 9.97 Å². The van der Waals surface area contributed by atoms with Gasteiger partial charge in [-0.3, -0.25) is 0 Å². The molecular weight excluding hydrogens is 166 g/mol. The average molecular weight is 179 g/mol. The number of hydrogen-bond donors (Lipinski definition) is 1. The van der Waals surface area contributed by atoms with E-state index in [4.69, 9.17) is 4.74 Å². The molecule has 1 aromatic rings. The first-order valence-corrected chi connectivity index (χ1v) is 4.52. The lowest BCUT2D eigenvalue weighted by Gasteiger charge is -2.23. The fourth-order valence-corrected chi connectivity index (χ4v) is 1.42. The number of rotatable bonds is 2. The molecule has 0 aliphatic carbocycles. The molecule has 1 atom stereocenters. The smallest absolute Gasteiger partial charge is 0.115 e. The van der Waals surface area contributed by atoms with Crippen LogP contribution in [0, 0.1) is 0 Å². The molecule has 1 unspecified atom stereocenters. The molecule has 1 aliphatic rings. The highest BCUT2D eigenvalue weighted by atomic mass is 16.5. The van der Waals surface area contributed by atoms with Gasteiger partial charge in [-0.1, -0.05) is 0 Å². The van der Waals surface area contributed by atoms with Crippen LogP contribution in [0.3, 0.4) is 0 Å². The molecule has 70 valence electrons. The summed E-state index contributed by atoms with van der Waals surface area (Å²) < 4.78 is 5.56. The van der Waals surface area contributed by atoms with E-state index in [1.807, 2.05) is 6.07 Å². The second-order valence-corrected chi connectivity index (χ2v) is 3.10. The molecule has 1 aliphatic heterocycles. The number of hydrogen-bond acceptors (Lipinski definition) is 4. The van der Waals surface area contributed by atoms with Crippen LogP contribution in [0.15, 0.2) is 18.6 Å². The number of aromatic nitrogens is 2. The summed E-state index contributed by atoms with van der Waals surface area (Å²) in [6, 6.07) is 1.93. The van der Waals surface area contributed by atoms with Crippen molar-refractivity contribution in [3.05, 3.63) is 24.3 Å². The van der Waals surface area contributed by atoms with E-state index < -0.39 is 0 Å². The maximum absolute atomic E-state index is 5.56. The van der Waals surface area contributed by atoms with Crippen LogP contribution in [0.4, 0.5) is 0 Å². The van der Waals surface area contributed by atoms with Gasteiger partial charge in [0.1, 0.15) is 6.33 Å². The van der Waals surface area contributed by atoms with Gasteiger partial charge in [0.05, 0.1) is 12.7 Å². The molecule has 1 aromatic heterocycles. The van der Waals surface area contributed by atoms with E-state index in [0.29, 0.717) is 0 Å². The summed E-state index contributed by atoms with van der Waals surface area (Å²) in [5.74, 6) is 0. The van der Waals surface area contributed by atoms with Crippen LogP contribution in [0.5, 0.6) is 0 Å². The van der Waals surface area contributed by atoms with Crippen LogP contribution >= 0.6 is 0 Å². The van der Waals surface area contributed by atoms with Crippen molar-refractivity contribution in [3.8, 4) is 0 Å². The molecule has 0 amide bonds. The molecule has 4 heteroatoms. The number of nitrogens with one attached hydrogen (secondary N) is 1. The predicted molar refractivity (Wildman–Crippen MR) is 48.3 cm³/mol. The van der Waals surface area contributed by atoms with E-state index in [1.165, 1.54) is 0 Å². The molecule has 2 rings (SSSR count). The summed E-state index contributed by atoms with van der Waals surface area (Å²) in [6.45, 7) is 2.68. The van der Waals surface area contributed by atoms with Crippen molar-refractivity contribution in [3.63, 3.8) is 0 Å². The Bertz CT molecular complexity index is 246. The predicted octanol–water partition coefficient (Wildman–Crippen LogP) is 0.00750. The molecule has 13 heavy (non-hydrogen) atoms. The standard InChI is InChI=1S/C9H13N3O/c1-2-11-7-12-8(1)5-9-6-10-3-4-13-9/h1-2,7,9-10H,3-6H2. The van der Waals surface area contributed by atoms with Crippen LogP contribution in [0.25, 0.3) is 0 Å². The third-order valence-corrected chi connectivity index (χ3v) is 2.08. The number of morpholine rings is 1. The van der Waals surface area contributed by atoms with E-state index in [-0.39, 0.29) is 6.10 Å². The highest BCUT2D eigenvalue weighted by Crippen LogP contribution is 2.03. The zero-order valence-corrected chi connectivity index (χ0v) is 7.44. The van der Waals surface area contributed by atoms with Gasteiger partial charge in [-0.05, 0) is 6.07 Å². The normalized spacial score (nSPS) is 22.9. The SMILES string of the molecule is c1cc(CC2CNCCO2)ncn1. The molecule has 1 fully saturated rings. The van der Waals surface area contributed by atoms with Gasteiger partial charge >= 0.3 is 0 Å².